The van der Waals surface area contributed by atoms with Gasteiger partial charge in [-0.25, -0.2) is 4.98 Å². The molecule has 2 aliphatic rings. The second-order valence-corrected chi connectivity index (χ2v) is 7.05. The molecule has 1 aromatic heterocycles. The third-order valence-corrected chi connectivity index (χ3v) is 5.30. The summed E-state index contributed by atoms with van der Waals surface area (Å²) >= 11 is 0. The van der Waals surface area contributed by atoms with Gasteiger partial charge in [-0.05, 0) is 23.6 Å². The number of benzene rings is 1. The van der Waals surface area contributed by atoms with E-state index in [9.17, 15) is 5.11 Å². The van der Waals surface area contributed by atoms with Gasteiger partial charge in [-0.15, -0.1) is 0 Å². The van der Waals surface area contributed by atoms with E-state index in [-0.39, 0.29) is 12.1 Å². The zero-order chi connectivity index (χ0) is 17.4. The summed E-state index contributed by atoms with van der Waals surface area (Å²) < 4.78 is 0. The lowest BCUT2D eigenvalue weighted by Crippen LogP contribution is -2.51. The quantitative estimate of drug-likeness (QED) is 0.910. The maximum Gasteiger partial charge on any atom is 0.226 e. The Morgan fingerprint density at radius 3 is 2.56 bits per heavy atom. The molecule has 2 atom stereocenters. The molecule has 0 amide bonds. The van der Waals surface area contributed by atoms with Crippen LogP contribution in [0.4, 0.5) is 11.8 Å². The van der Waals surface area contributed by atoms with Crippen LogP contribution < -0.4 is 9.80 Å². The summed E-state index contributed by atoms with van der Waals surface area (Å²) in [4.78, 5) is 15.6. The Balaban J connectivity index is 1.42. The van der Waals surface area contributed by atoms with E-state index in [1.807, 2.05) is 37.3 Å². The third-order valence-electron chi connectivity index (χ3n) is 5.30. The normalized spacial score (nSPS) is 23.6. The van der Waals surface area contributed by atoms with Gasteiger partial charge in [0.05, 0.1) is 6.10 Å². The molecule has 1 saturated heterocycles. The van der Waals surface area contributed by atoms with E-state index in [4.69, 9.17) is 0 Å². The number of hydrogen-bond donors (Lipinski definition) is 1. The second-order valence-electron chi connectivity index (χ2n) is 7.05. The van der Waals surface area contributed by atoms with Crippen LogP contribution in [0.15, 0.2) is 36.5 Å². The predicted molar refractivity (Wildman–Crippen MR) is 99.0 cm³/mol. The molecule has 0 bridgehead atoms. The molecule has 6 nitrogen and oxygen atoms in total. The number of aliphatic hydroxyl groups excluding tert-OH is 1. The minimum absolute atomic E-state index is 0.197. The van der Waals surface area contributed by atoms with Gasteiger partial charge in [-0.2, -0.15) is 4.98 Å². The van der Waals surface area contributed by atoms with Crippen molar-refractivity contribution in [3.63, 3.8) is 0 Å². The van der Waals surface area contributed by atoms with E-state index < -0.39 is 0 Å². The Morgan fingerprint density at radius 1 is 1.08 bits per heavy atom. The molecule has 6 heteroatoms. The van der Waals surface area contributed by atoms with Crippen molar-refractivity contribution in [1.29, 1.82) is 0 Å². The molecule has 1 aromatic carbocycles. The van der Waals surface area contributed by atoms with Gasteiger partial charge in [-0.3, -0.25) is 4.90 Å². The molecule has 1 aliphatic carbocycles. The largest absolute Gasteiger partial charge is 0.387 e. The van der Waals surface area contributed by atoms with Gasteiger partial charge in [0.2, 0.25) is 5.95 Å². The van der Waals surface area contributed by atoms with Crippen molar-refractivity contribution >= 4 is 11.8 Å². The van der Waals surface area contributed by atoms with Gasteiger partial charge in [-0.1, -0.05) is 24.3 Å². The van der Waals surface area contributed by atoms with Crippen molar-refractivity contribution in [2.24, 2.45) is 0 Å². The van der Waals surface area contributed by atoms with Gasteiger partial charge >= 0.3 is 0 Å². The molecule has 1 aliphatic heterocycles. The Bertz CT molecular complexity index is 742. The van der Waals surface area contributed by atoms with Crippen LogP contribution in [-0.4, -0.2) is 66.3 Å². The zero-order valence-corrected chi connectivity index (χ0v) is 14.8. The SMILES string of the molecule is CN(C)c1nccc(N2CCN(C3Cc4ccccc4C3O)CC2)n1. The van der Waals surface area contributed by atoms with Crippen molar-refractivity contribution in [1.82, 2.24) is 14.9 Å². The number of anilines is 2. The highest BCUT2D eigenvalue weighted by molar-refractivity contribution is 5.43. The molecule has 2 unspecified atom stereocenters. The van der Waals surface area contributed by atoms with E-state index in [0.29, 0.717) is 0 Å². The summed E-state index contributed by atoms with van der Waals surface area (Å²) in [6, 6.07) is 10.4. The van der Waals surface area contributed by atoms with E-state index in [1.54, 1.807) is 0 Å². The van der Waals surface area contributed by atoms with Gasteiger partial charge in [0, 0.05) is 52.5 Å². The first-order chi connectivity index (χ1) is 12.1. The molecular weight excluding hydrogens is 314 g/mol. The number of aliphatic hydroxyl groups is 1. The smallest absolute Gasteiger partial charge is 0.226 e. The first-order valence-electron chi connectivity index (χ1n) is 8.89. The summed E-state index contributed by atoms with van der Waals surface area (Å²) in [5.74, 6) is 1.72. The van der Waals surface area contributed by atoms with Crippen molar-refractivity contribution in [3.8, 4) is 0 Å². The fraction of sp³-hybridized carbons (Fsp3) is 0.474. The van der Waals surface area contributed by atoms with Crippen molar-refractivity contribution in [2.75, 3.05) is 50.1 Å². The fourth-order valence-electron chi connectivity index (χ4n) is 3.90. The lowest BCUT2D eigenvalue weighted by molar-refractivity contribution is 0.0571. The van der Waals surface area contributed by atoms with Crippen LogP contribution in [0.1, 0.15) is 17.2 Å². The van der Waals surface area contributed by atoms with Gasteiger partial charge in [0.15, 0.2) is 0 Å². The van der Waals surface area contributed by atoms with Crippen LogP contribution in [0.5, 0.6) is 0 Å². The van der Waals surface area contributed by atoms with Crippen LogP contribution in [0.3, 0.4) is 0 Å². The lowest BCUT2D eigenvalue weighted by Gasteiger charge is -2.39. The third kappa shape index (κ3) is 3.07. The van der Waals surface area contributed by atoms with Gasteiger partial charge < -0.3 is 14.9 Å². The number of fused-ring (bicyclic) bond motifs is 1. The maximum absolute atomic E-state index is 10.7. The Hall–Kier alpha value is -2.18. The topological polar surface area (TPSA) is 55.7 Å². The van der Waals surface area contributed by atoms with Crippen LogP contribution >= 0.6 is 0 Å². The average Bonchev–Trinajstić information content (AvgIpc) is 2.99. The molecule has 132 valence electrons. The van der Waals surface area contributed by atoms with Crippen LogP contribution in [0.2, 0.25) is 0 Å². The second kappa shape index (κ2) is 6.61. The molecule has 0 spiro atoms. The molecule has 0 radical (unpaired) electrons. The Morgan fingerprint density at radius 2 is 1.84 bits per heavy atom. The fourth-order valence-corrected chi connectivity index (χ4v) is 3.90. The summed E-state index contributed by atoms with van der Waals surface area (Å²) in [5, 5.41) is 10.7. The molecule has 2 aromatic rings. The number of rotatable bonds is 3. The van der Waals surface area contributed by atoms with Crippen LogP contribution in [-0.2, 0) is 6.42 Å². The minimum Gasteiger partial charge on any atom is -0.387 e. The van der Waals surface area contributed by atoms with E-state index in [1.165, 1.54) is 5.56 Å². The summed E-state index contributed by atoms with van der Waals surface area (Å²) in [7, 11) is 3.91. The standard InChI is InChI=1S/C19H25N5O/c1-22(2)19-20-8-7-17(21-19)24-11-9-23(10-12-24)16-13-14-5-3-4-6-15(14)18(16)25/h3-8,16,18,25H,9-13H2,1-2H3. The Kier molecular flexibility index (Phi) is 4.31. The Labute approximate surface area is 148 Å². The monoisotopic (exact) mass is 339 g/mol. The number of aromatic nitrogens is 2. The lowest BCUT2D eigenvalue weighted by atomic mass is 10.1. The average molecular weight is 339 g/mol. The zero-order valence-electron chi connectivity index (χ0n) is 14.8. The van der Waals surface area contributed by atoms with E-state index in [0.717, 1.165) is 49.9 Å². The number of hydrogen-bond acceptors (Lipinski definition) is 6. The highest BCUT2D eigenvalue weighted by Crippen LogP contribution is 2.34. The molecule has 1 N–H and O–H groups in total. The molecule has 1 fully saturated rings. The highest BCUT2D eigenvalue weighted by Gasteiger charge is 2.36. The van der Waals surface area contributed by atoms with Crippen molar-refractivity contribution < 1.29 is 5.11 Å². The highest BCUT2D eigenvalue weighted by atomic mass is 16.3. The molecule has 0 saturated carbocycles. The van der Waals surface area contributed by atoms with E-state index >= 15 is 0 Å². The van der Waals surface area contributed by atoms with Crippen molar-refractivity contribution in [3.05, 3.63) is 47.7 Å². The van der Waals surface area contributed by atoms with Gasteiger partial charge in [0.1, 0.15) is 5.82 Å². The maximum atomic E-state index is 10.7. The molecular formula is C19H25N5O. The van der Waals surface area contributed by atoms with Crippen LogP contribution in [0, 0.1) is 0 Å². The van der Waals surface area contributed by atoms with E-state index in [2.05, 4.69) is 38.0 Å². The molecule has 2 heterocycles. The predicted octanol–water partition coefficient (Wildman–Crippen LogP) is 1.32. The summed E-state index contributed by atoms with van der Waals surface area (Å²) in [6.07, 6.45) is 2.39. The molecule has 4 rings (SSSR count). The first-order valence-corrected chi connectivity index (χ1v) is 8.89. The minimum atomic E-state index is -0.373. The summed E-state index contributed by atoms with van der Waals surface area (Å²) in [5.41, 5.74) is 2.38. The number of nitrogens with zero attached hydrogens (tertiary/aromatic N) is 5. The molecule has 25 heavy (non-hydrogen) atoms. The van der Waals surface area contributed by atoms with Gasteiger partial charge in [0.25, 0.3) is 0 Å². The van der Waals surface area contributed by atoms with Crippen molar-refractivity contribution in [2.45, 2.75) is 18.6 Å². The number of piperazine rings is 1. The summed E-state index contributed by atoms with van der Waals surface area (Å²) in [6.45, 7) is 3.72. The van der Waals surface area contributed by atoms with Crippen LogP contribution in [0.25, 0.3) is 0 Å². The first kappa shape index (κ1) is 16.3.